The van der Waals surface area contributed by atoms with Crippen LogP contribution in [0.15, 0.2) is 41.3 Å². The lowest BCUT2D eigenvalue weighted by molar-refractivity contribution is -0.0420. The van der Waals surface area contributed by atoms with E-state index in [-0.39, 0.29) is 23.0 Å². The van der Waals surface area contributed by atoms with Gasteiger partial charge in [-0.3, -0.25) is 9.36 Å². The zero-order valence-electron chi connectivity index (χ0n) is 23.2. The smallest absolute Gasteiger partial charge is 0.351 e. The number of carbonyl (C=O) groups excluding carboxylic acids is 1. The molecule has 208 valence electrons. The minimum absolute atomic E-state index is 0.00380. The minimum atomic E-state index is -2.07. The lowest BCUT2D eigenvalue weighted by Gasteiger charge is -2.37. The number of ether oxygens (including phenoxy) is 4. The van der Waals surface area contributed by atoms with Gasteiger partial charge < -0.3 is 33.8 Å². The molecule has 1 aromatic heterocycles. The Morgan fingerprint density at radius 1 is 1.18 bits per heavy atom. The largest absolute Gasteiger partial charge is 0.493 e. The minimum Gasteiger partial charge on any atom is -0.493 e. The molecule has 3 atom stereocenters. The highest BCUT2D eigenvalue weighted by Crippen LogP contribution is 2.39. The first-order valence-corrected chi connectivity index (χ1v) is 15.0. The molecular formula is C26H37N3O8Si. The predicted molar refractivity (Wildman–Crippen MR) is 145 cm³/mol. The van der Waals surface area contributed by atoms with Gasteiger partial charge in [-0.2, -0.15) is 4.98 Å². The van der Waals surface area contributed by atoms with Crippen molar-refractivity contribution in [1.29, 1.82) is 0 Å². The van der Waals surface area contributed by atoms with Gasteiger partial charge in [0, 0.05) is 17.3 Å². The molecule has 1 aliphatic heterocycles. The molecule has 2 aromatic rings. The van der Waals surface area contributed by atoms with Gasteiger partial charge in [0.05, 0.1) is 27.9 Å². The molecule has 3 rings (SSSR count). The van der Waals surface area contributed by atoms with Crippen LogP contribution in [0.4, 0.5) is 5.82 Å². The van der Waals surface area contributed by atoms with Crippen molar-refractivity contribution in [2.24, 2.45) is 0 Å². The average Bonchev–Trinajstić information content (AvgIpc) is 3.14. The first kappa shape index (κ1) is 29.4. The van der Waals surface area contributed by atoms with Crippen molar-refractivity contribution < 1.29 is 33.3 Å². The summed E-state index contributed by atoms with van der Waals surface area (Å²) < 4.78 is 29.2. The maximum atomic E-state index is 12.9. The van der Waals surface area contributed by atoms with E-state index >= 15 is 0 Å². The summed E-state index contributed by atoms with van der Waals surface area (Å²) in [4.78, 5) is 29.7. The number of amides is 1. The van der Waals surface area contributed by atoms with E-state index in [1.165, 1.54) is 50.3 Å². The molecule has 2 N–H and O–H groups in total. The number of hydrogen-bond acceptors (Lipinski definition) is 9. The summed E-state index contributed by atoms with van der Waals surface area (Å²) in [6, 6.07) is 4.43. The second-order valence-corrected chi connectivity index (χ2v) is 15.3. The van der Waals surface area contributed by atoms with E-state index in [4.69, 9.17) is 23.4 Å². The number of anilines is 1. The summed E-state index contributed by atoms with van der Waals surface area (Å²) in [5.41, 5.74) is -0.144. The van der Waals surface area contributed by atoms with Crippen LogP contribution >= 0.6 is 0 Å². The topological polar surface area (TPSA) is 130 Å². The van der Waals surface area contributed by atoms with Crippen LogP contribution in [-0.2, 0) is 9.16 Å². The number of rotatable bonds is 9. The average molecular weight is 548 g/mol. The zero-order valence-corrected chi connectivity index (χ0v) is 24.2. The molecule has 1 fully saturated rings. The lowest BCUT2D eigenvalue weighted by atomic mass is 10.1. The summed E-state index contributed by atoms with van der Waals surface area (Å²) >= 11 is 0. The number of methoxy groups -OCH3 is 3. The number of nitrogens with one attached hydrogen (secondary N) is 1. The third-order valence-electron chi connectivity index (χ3n) is 7.02. The molecule has 38 heavy (non-hydrogen) atoms. The van der Waals surface area contributed by atoms with Crippen molar-refractivity contribution in [3.8, 4) is 17.2 Å². The molecule has 1 amide bonds. The van der Waals surface area contributed by atoms with E-state index in [1.807, 2.05) is 0 Å². The number of aliphatic hydroxyl groups excluding tert-OH is 1. The van der Waals surface area contributed by atoms with Gasteiger partial charge in [0.1, 0.15) is 18.0 Å². The van der Waals surface area contributed by atoms with Crippen LogP contribution < -0.4 is 25.2 Å². The molecule has 0 bridgehead atoms. The number of hydrogen-bond donors (Lipinski definition) is 2. The first-order chi connectivity index (χ1) is 17.7. The van der Waals surface area contributed by atoms with Crippen molar-refractivity contribution in [1.82, 2.24) is 9.55 Å². The first-order valence-electron chi connectivity index (χ1n) is 12.1. The lowest BCUT2D eigenvalue weighted by Crippen LogP contribution is -2.44. The molecule has 0 radical (unpaired) electrons. The van der Waals surface area contributed by atoms with Gasteiger partial charge in [-0.1, -0.05) is 27.4 Å². The van der Waals surface area contributed by atoms with Gasteiger partial charge in [-0.15, -0.1) is 0 Å². The number of nitrogens with zero attached hydrogens (tertiary/aromatic N) is 2. The Hall–Kier alpha value is -3.19. The summed E-state index contributed by atoms with van der Waals surface area (Å²) in [6.07, 6.45) is -1.17. The Morgan fingerprint density at radius 3 is 2.29 bits per heavy atom. The molecule has 0 unspecified atom stereocenters. The molecule has 12 heteroatoms. The van der Waals surface area contributed by atoms with Crippen LogP contribution in [0.1, 0.15) is 37.4 Å². The van der Waals surface area contributed by atoms with Crippen molar-refractivity contribution in [3.63, 3.8) is 0 Å². The fourth-order valence-electron chi connectivity index (χ4n) is 3.66. The van der Waals surface area contributed by atoms with E-state index in [0.29, 0.717) is 22.8 Å². The monoisotopic (exact) mass is 547 g/mol. The maximum Gasteiger partial charge on any atom is 0.351 e. The standard InChI is InChI=1S/C26H37N3O8Si/c1-15-21(30)19(14-36-38(8,9)26(2,3)4)37-24(15)29-11-10-20(28-25(29)32)27-23(31)16-12-17(33-5)22(35-7)18(13-16)34-6/h10-13,19,21,24,30H,1,14H2,2-9H3,(H,27,28,31,32)/t19-,21+,24-/m1/s1. The number of carbonyl (C=O) groups is 1. The highest BCUT2D eigenvalue weighted by Gasteiger charge is 2.43. The predicted octanol–water partition coefficient (Wildman–Crippen LogP) is 3.36. The van der Waals surface area contributed by atoms with Gasteiger partial charge in [0.2, 0.25) is 5.75 Å². The normalized spacial score (nSPS) is 19.8. The summed E-state index contributed by atoms with van der Waals surface area (Å²) in [5, 5.41) is 13.3. The molecule has 1 aromatic carbocycles. The van der Waals surface area contributed by atoms with E-state index in [0.717, 1.165) is 0 Å². The molecule has 0 aliphatic carbocycles. The van der Waals surface area contributed by atoms with Crippen LogP contribution in [-0.4, -0.2) is 69.0 Å². The fraction of sp³-hybridized carbons (Fsp3) is 0.500. The molecule has 2 heterocycles. The number of aromatic nitrogens is 2. The molecule has 1 saturated heterocycles. The Labute approximate surface area is 223 Å². The number of aliphatic hydroxyl groups is 1. The van der Waals surface area contributed by atoms with Gasteiger partial charge in [0.15, 0.2) is 26.0 Å². The van der Waals surface area contributed by atoms with Crippen molar-refractivity contribution in [3.05, 3.63) is 52.6 Å². The van der Waals surface area contributed by atoms with Crippen LogP contribution in [0.25, 0.3) is 0 Å². The summed E-state index contributed by atoms with van der Waals surface area (Å²) in [7, 11) is 2.28. The highest BCUT2D eigenvalue weighted by molar-refractivity contribution is 6.74. The Bertz CT molecular complexity index is 1230. The highest BCUT2D eigenvalue weighted by atomic mass is 28.4. The Balaban J connectivity index is 1.75. The summed E-state index contributed by atoms with van der Waals surface area (Å²) in [6.45, 7) is 14.7. The summed E-state index contributed by atoms with van der Waals surface area (Å²) in [5.74, 6) is 0.464. The Morgan fingerprint density at radius 2 is 1.79 bits per heavy atom. The quantitative estimate of drug-likeness (QED) is 0.358. The van der Waals surface area contributed by atoms with Crippen molar-refractivity contribution >= 4 is 20.0 Å². The van der Waals surface area contributed by atoms with Gasteiger partial charge in [-0.05, 0) is 36.3 Å². The third kappa shape index (κ3) is 5.93. The third-order valence-corrected chi connectivity index (χ3v) is 11.5. The fourth-order valence-corrected chi connectivity index (χ4v) is 4.67. The molecule has 1 aliphatic rings. The number of benzene rings is 1. The van der Waals surface area contributed by atoms with Crippen molar-refractivity contribution in [2.45, 2.75) is 57.3 Å². The van der Waals surface area contributed by atoms with Crippen LogP contribution in [0.5, 0.6) is 17.2 Å². The van der Waals surface area contributed by atoms with Crippen molar-refractivity contribution in [2.75, 3.05) is 33.3 Å². The molecular weight excluding hydrogens is 510 g/mol. The zero-order chi connectivity index (χ0) is 28.4. The van der Waals surface area contributed by atoms with E-state index in [2.05, 4.69) is 50.7 Å². The second kappa shape index (κ2) is 11.3. The second-order valence-electron chi connectivity index (χ2n) is 10.5. The van der Waals surface area contributed by atoms with Crippen LogP contribution in [0.2, 0.25) is 18.1 Å². The maximum absolute atomic E-state index is 12.9. The van der Waals surface area contributed by atoms with E-state index in [9.17, 15) is 14.7 Å². The van der Waals surface area contributed by atoms with Gasteiger partial charge >= 0.3 is 5.69 Å². The molecule has 11 nitrogen and oxygen atoms in total. The Kier molecular flexibility index (Phi) is 8.71. The van der Waals surface area contributed by atoms with E-state index in [1.54, 1.807) is 0 Å². The van der Waals surface area contributed by atoms with Gasteiger partial charge in [-0.25, -0.2) is 4.79 Å². The van der Waals surface area contributed by atoms with Crippen LogP contribution in [0.3, 0.4) is 0 Å². The molecule has 0 saturated carbocycles. The van der Waals surface area contributed by atoms with Crippen LogP contribution in [0, 0.1) is 0 Å². The van der Waals surface area contributed by atoms with E-state index < -0.39 is 38.4 Å². The van der Waals surface area contributed by atoms with Gasteiger partial charge in [0.25, 0.3) is 5.91 Å². The SMILES string of the molecule is C=C1[C@H](n2ccc(NC(=O)c3cc(OC)c(OC)c(OC)c3)nc2=O)O[C@H](CO[Si](C)(C)C(C)(C)C)[C@H]1O. The molecule has 0 spiro atoms.